The number of anilines is 1. The number of rotatable bonds is 11. The minimum atomic E-state index is -0.959. The molecule has 2 atom stereocenters. The Hall–Kier alpha value is -3.68. The maximum absolute atomic E-state index is 13.1. The summed E-state index contributed by atoms with van der Waals surface area (Å²) in [7, 11) is 0. The van der Waals surface area contributed by atoms with Gasteiger partial charge in [0.25, 0.3) is 0 Å². The number of aryl methyl sites for hydroxylation is 1. The van der Waals surface area contributed by atoms with Crippen LogP contribution in [0.15, 0.2) is 54.6 Å². The number of carbonyl (C=O) groups is 3. The molecule has 2 aromatic carbocycles. The van der Waals surface area contributed by atoms with Crippen molar-refractivity contribution in [3.05, 3.63) is 65.7 Å². The number of nitrogen functional groups attached to an aromatic ring is 1. The van der Waals surface area contributed by atoms with Crippen LogP contribution in [0.4, 0.5) is 5.69 Å². The van der Waals surface area contributed by atoms with Crippen molar-refractivity contribution in [2.24, 2.45) is 11.7 Å². The van der Waals surface area contributed by atoms with Gasteiger partial charge in [-0.25, -0.2) is 0 Å². The molecule has 0 spiro atoms. The van der Waals surface area contributed by atoms with Crippen LogP contribution in [-0.4, -0.2) is 41.3 Å². The second-order valence-corrected chi connectivity index (χ2v) is 8.73. The van der Waals surface area contributed by atoms with E-state index in [-0.39, 0.29) is 30.5 Å². The first-order valence-electron chi connectivity index (χ1n) is 11.6. The van der Waals surface area contributed by atoms with Gasteiger partial charge >= 0.3 is 5.97 Å². The van der Waals surface area contributed by atoms with E-state index in [1.807, 2.05) is 30.3 Å². The number of carboxylic acid groups (broad SMARTS) is 1. The average molecular weight is 465 g/mol. The number of benzene rings is 2. The first-order chi connectivity index (χ1) is 16.3. The van der Waals surface area contributed by atoms with Crippen LogP contribution in [-0.2, 0) is 20.8 Å². The van der Waals surface area contributed by atoms with E-state index in [9.17, 15) is 19.5 Å². The van der Waals surface area contributed by atoms with E-state index in [1.54, 1.807) is 29.2 Å². The number of hydrogen-bond donors (Lipinski definition) is 4. The number of aliphatic carboxylic acids is 1. The molecule has 34 heavy (non-hydrogen) atoms. The summed E-state index contributed by atoms with van der Waals surface area (Å²) < 4.78 is 0. The normalized spacial score (nSPS) is 16.6. The lowest BCUT2D eigenvalue weighted by Crippen LogP contribution is -2.44. The number of nitrogens with two attached hydrogens (primary N) is 1. The monoisotopic (exact) mass is 464 g/mol. The number of amides is 2. The van der Waals surface area contributed by atoms with Gasteiger partial charge in [-0.15, -0.1) is 0 Å². The Labute approximate surface area is 199 Å². The average Bonchev–Trinajstić information content (AvgIpc) is 2.81. The molecule has 0 saturated carbocycles. The molecule has 0 radical (unpaired) electrons. The highest BCUT2D eigenvalue weighted by molar-refractivity contribution is 5.99. The van der Waals surface area contributed by atoms with Crippen molar-refractivity contribution in [2.75, 3.05) is 11.4 Å². The highest BCUT2D eigenvalue weighted by atomic mass is 16.4. The number of carbonyl (C=O) groups excluding carboxylic acids is 2. The number of piperidine rings is 1. The zero-order valence-corrected chi connectivity index (χ0v) is 19.2. The molecule has 1 fully saturated rings. The van der Waals surface area contributed by atoms with Crippen LogP contribution >= 0.6 is 0 Å². The molecule has 180 valence electrons. The lowest BCUT2D eigenvalue weighted by molar-refractivity contribution is -0.138. The van der Waals surface area contributed by atoms with E-state index < -0.39 is 17.9 Å². The third-order valence-electron chi connectivity index (χ3n) is 6.12. The van der Waals surface area contributed by atoms with Crippen LogP contribution in [0.5, 0.6) is 0 Å². The van der Waals surface area contributed by atoms with E-state index in [0.717, 1.165) is 19.3 Å². The third kappa shape index (κ3) is 7.16. The Morgan fingerprint density at radius 2 is 1.85 bits per heavy atom. The predicted octanol–water partition coefficient (Wildman–Crippen LogP) is 3.09. The summed E-state index contributed by atoms with van der Waals surface area (Å²) in [5.41, 5.74) is 7.97. The standard InChI is InChI=1S/C26H32N4O4/c27-25(28)19-11-13-22(14-12-19)30-15-5-9-20(26(30)34)16-23(31)29-21(17-24(32)33)10-4-8-18-6-2-1-3-7-18/h1-3,6-7,11-14,20-21H,4-5,8-10,15-17H2,(H3,27,28)(H,29,31)(H,32,33). The number of nitrogens with one attached hydrogen (secondary N) is 2. The van der Waals surface area contributed by atoms with E-state index in [0.29, 0.717) is 30.6 Å². The van der Waals surface area contributed by atoms with E-state index >= 15 is 0 Å². The molecule has 8 nitrogen and oxygen atoms in total. The molecule has 2 aromatic rings. The SMILES string of the molecule is N=C(N)c1ccc(N2CCCC(CC(=O)NC(CCCc3ccccc3)CC(=O)O)C2=O)cc1. The van der Waals surface area contributed by atoms with Gasteiger partial charge in [-0.2, -0.15) is 0 Å². The Kier molecular flexibility index (Phi) is 8.79. The van der Waals surface area contributed by atoms with Gasteiger partial charge in [0.1, 0.15) is 5.84 Å². The van der Waals surface area contributed by atoms with E-state index in [2.05, 4.69) is 5.32 Å². The van der Waals surface area contributed by atoms with Gasteiger partial charge in [0.05, 0.1) is 6.42 Å². The molecular weight excluding hydrogens is 432 g/mol. The van der Waals surface area contributed by atoms with Crippen molar-refractivity contribution in [2.45, 2.75) is 51.0 Å². The maximum atomic E-state index is 13.1. The van der Waals surface area contributed by atoms with Gasteiger partial charge < -0.3 is 21.1 Å². The molecule has 0 bridgehead atoms. The number of carboxylic acids is 1. The summed E-state index contributed by atoms with van der Waals surface area (Å²) in [6.07, 6.45) is 3.41. The zero-order chi connectivity index (χ0) is 24.5. The number of amidine groups is 1. The Balaban J connectivity index is 1.55. The van der Waals surface area contributed by atoms with Crippen LogP contribution < -0.4 is 16.0 Å². The van der Waals surface area contributed by atoms with Gasteiger partial charge in [0.2, 0.25) is 11.8 Å². The molecule has 1 aliphatic rings. The maximum Gasteiger partial charge on any atom is 0.305 e. The van der Waals surface area contributed by atoms with Crippen LogP contribution in [0.3, 0.4) is 0 Å². The molecule has 2 amide bonds. The van der Waals surface area contributed by atoms with Crippen LogP contribution in [0, 0.1) is 11.3 Å². The van der Waals surface area contributed by atoms with E-state index in [4.69, 9.17) is 11.1 Å². The fraction of sp³-hybridized carbons (Fsp3) is 0.385. The summed E-state index contributed by atoms with van der Waals surface area (Å²) in [4.78, 5) is 38.8. The fourth-order valence-electron chi connectivity index (χ4n) is 4.36. The molecule has 1 saturated heterocycles. The van der Waals surface area contributed by atoms with Crippen molar-refractivity contribution in [1.82, 2.24) is 5.32 Å². The van der Waals surface area contributed by atoms with Crippen molar-refractivity contribution in [1.29, 1.82) is 5.41 Å². The van der Waals surface area contributed by atoms with Crippen molar-refractivity contribution in [3.8, 4) is 0 Å². The van der Waals surface area contributed by atoms with Crippen LogP contribution in [0.25, 0.3) is 0 Å². The van der Waals surface area contributed by atoms with Gasteiger partial charge in [-0.05, 0) is 61.9 Å². The second-order valence-electron chi connectivity index (χ2n) is 8.73. The zero-order valence-electron chi connectivity index (χ0n) is 19.2. The number of nitrogens with zero attached hydrogens (tertiary/aromatic N) is 1. The van der Waals surface area contributed by atoms with Gasteiger partial charge in [0.15, 0.2) is 0 Å². The molecule has 8 heteroatoms. The molecule has 0 aliphatic carbocycles. The Bertz CT molecular complexity index is 1010. The van der Waals surface area contributed by atoms with Crippen LogP contribution in [0.1, 0.15) is 49.7 Å². The van der Waals surface area contributed by atoms with Crippen molar-refractivity contribution in [3.63, 3.8) is 0 Å². The molecule has 3 rings (SSSR count). The highest BCUT2D eigenvalue weighted by Gasteiger charge is 2.31. The molecular formula is C26H32N4O4. The van der Waals surface area contributed by atoms with E-state index in [1.165, 1.54) is 5.56 Å². The second kappa shape index (κ2) is 12.0. The van der Waals surface area contributed by atoms with Gasteiger partial charge in [0, 0.05) is 36.2 Å². The molecule has 2 unspecified atom stereocenters. The molecule has 5 N–H and O–H groups in total. The third-order valence-corrected chi connectivity index (χ3v) is 6.12. The summed E-state index contributed by atoms with van der Waals surface area (Å²) in [6.45, 7) is 0.567. The van der Waals surface area contributed by atoms with Crippen molar-refractivity contribution < 1.29 is 19.5 Å². The summed E-state index contributed by atoms with van der Waals surface area (Å²) in [5, 5.41) is 19.6. The van der Waals surface area contributed by atoms with Crippen LogP contribution in [0.2, 0.25) is 0 Å². The smallest absolute Gasteiger partial charge is 0.305 e. The Morgan fingerprint density at radius 3 is 2.50 bits per heavy atom. The summed E-state index contributed by atoms with van der Waals surface area (Å²) >= 11 is 0. The predicted molar refractivity (Wildman–Crippen MR) is 131 cm³/mol. The topological polar surface area (TPSA) is 137 Å². The molecule has 1 aliphatic heterocycles. The lowest BCUT2D eigenvalue weighted by atomic mass is 9.92. The quantitative estimate of drug-likeness (QED) is 0.299. The molecule has 1 heterocycles. The van der Waals surface area contributed by atoms with Gasteiger partial charge in [-0.1, -0.05) is 30.3 Å². The lowest BCUT2D eigenvalue weighted by Gasteiger charge is -2.32. The fourth-order valence-corrected chi connectivity index (χ4v) is 4.36. The molecule has 0 aromatic heterocycles. The minimum Gasteiger partial charge on any atom is -0.481 e. The highest BCUT2D eigenvalue weighted by Crippen LogP contribution is 2.27. The summed E-state index contributed by atoms with van der Waals surface area (Å²) in [6, 6.07) is 16.4. The number of hydrogen-bond acceptors (Lipinski definition) is 4. The first kappa shape index (κ1) is 25.0. The largest absolute Gasteiger partial charge is 0.481 e. The van der Waals surface area contributed by atoms with Crippen molar-refractivity contribution >= 4 is 29.3 Å². The minimum absolute atomic E-state index is 0.0363. The Morgan fingerprint density at radius 1 is 1.15 bits per heavy atom. The first-order valence-corrected chi connectivity index (χ1v) is 11.6. The van der Waals surface area contributed by atoms with Gasteiger partial charge in [-0.3, -0.25) is 19.8 Å². The summed E-state index contributed by atoms with van der Waals surface area (Å²) in [5.74, 6) is -1.85.